The standard InChI is InChI=1S/C18H19FN2O/c1-2-3-7-14-8-5-12-21(14)18(22)16-11-10-13-6-4-9-15(19)17(13)20-16/h4-6,8-11,14H,2-3,7,12H2,1H3/t14-/m1/s1. The zero-order valence-corrected chi connectivity index (χ0v) is 12.6. The lowest BCUT2D eigenvalue weighted by molar-refractivity contribution is 0.0738. The van der Waals surface area contributed by atoms with E-state index in [-0.39, 0.29) is 17.5 Å². The van der Waals surface area contributed by atoms with Crippen molar-refractivity contribution in [3.63, 3.8) is 0 Å². The van der Waals surface area contributed by atoms with E-state index in [1.807, 2.05) is 11.0 Å². The summed E-state index contributed by atoms with van der Waals surface area (Å²) in [5.74, 6) is -0.523. The highest BCUT2D eigenvalue weighted by Gasteiger charge is 2.26. The van der Waals surface area contributed by atoms with Crippen molar-refractivity contribution < 1.29 is 9.18 Å². The van der Waals surface area contributed by atoms with E-state index in [1.54, 1.807) is 24.3 Å². The smallest absolute Gasteiger partial charge is 0.273 e. The predicted octanol–water partition coefficient (Wildman–Crippen LogP) is 3.94. The molecule has 2 heterocycles. The lowest BCUT2D eigenvalue weighted by atomic mass is 10.1. The molecule has 0 saturated heterocycles. The molecule has 0 aliphatic carbocycles. The lowest BCUT2D eigenvalue weighted by Gasteiger charge is -2.24. The second-order valence-corrected chi connectivity index (χ2v) is 5.60. The second-order valence-electron chi connectivity index (χ2n) is 5.60. The van der Waals surface area contributed by atoms with Crippen molar-refractivity contribution >= 4 is 16.8 Å². The van der Waals surface area contributed by atoms with Gasteiger partial charge >= 0.3 is 0 Å². The first-order valence-electron chi connectivity index (χ1n) is 7.73. The van der Waals surface area contributed by atoms with Crippen molar-refractivity contribution in [1.82, 2.24) is 9.88 Å². The Morgan fingerprint density at radius 3 is 3.05 bits per heavy atom. The molecular formula is C18H19FN2O. The van der Waals surface area contributed by atoms with Gasteiger partial charge in [0, 0.05) is 11.9 Å². The van der Waals surface area contributed by atoms with Crippen LogP contribution in [-0.4, -0.2) is 28.4 Å². The number of hydrogen-bond acceptors (Lipinski definition) is 2. The summed E-state index contributed by atoms with van der Waals surface area (Å²) in [4.78, 5) is 18.7. The van der Waals surface area contributed by atoms with Crippen LogP contribution in [0.2, 0.25) is 0 Å². The molecule has 1 amide bonds. The van der Waals surface area contributed by atoms with Gasteiger partial charge in [-0.25, -0.2) is 9.37 Å². The van der Waals surface area contributed by atoms with E-state index < -0.39 is 5.82 Å². The summed E-state index contributed by atoms with van der Waals surface area (Å²) < 4.78 is 13.9. The van der Waals surface area contributed by atoms with E-state index in [2.05, 4.69) is 18.0 Å². The average molecular weight is 298 g/mol. The Morgan fingerprint density at radius 2 is 2.23 bits per heavy atom. The molecule has 0 unspecified atom stereocenters. The molecular weight excluding hydrogens is 279 g/mol. The first kappa shape index (κ1) is 14.7. The third-order valence-electron chi connectivity index (χ3n) is 4.07. The van der Waals surface area contributed by atoms with Crippen LogP contribution in [0.25, 0.3) is 10.9 Å². The number of hydrogen-bond donors (Lipinski definition) is 0. The Bertz CT molecular complexity index is 726. The molecule has 0 radical (unpaired) electrons. The number of nitrogens with zero attached hydrogens (tertiary/aromatic N) is 2. The fourth-order valence-corrected chi connectivity index (χ4v) is 2.85. The van der Waals surface area contributed by atoms with Crippen molar-refractivity contribution in [2.75, 3.05) is 6.54 Å². The van der Waals surface area contributed by atoms with E-state index in [4.69, 9.17) is 0 Å². The maximum atomic E-state index is 13.9. The fourth-order valence-electron chi connectivity index (χ4n) is 2.85. The van der Waals surface area contributed by atoms with Gasteiger partial charge in [0.2, 0.25) is 0 Å². The molecule has 3 rings (SSSR count). The van der Waals surface area contributed by atoms with E-state index in [9.17, 15) is 9.18 Å². The Labute approximate surface area is 129 Å². The predicted molar refractivity (Wildman–Crippen MR) is 85.2 cm³/mol. The van der Waals surface area contributed by atoms with Gasteiger partial charge < -0.3 is 4.90 Å². The summed E-state index contributed by atoms with van der Waals surface area (Å²) in [5, 5.41) is 0.707. The molecule has 1 aliphatic rings. The van der Waals surface area contributed by atoms with Gasteiger partial charge in [-0.05, 0) is 18.6 Å². The summed E-state index contributed by atoms with van der Waals surface area (Å²) in [6.45, 7) is 2.74. The zero-order chi connectivity index (χ0) is 15.5. The van der Waals surface area contributed by atoms with Gasteiger partial charge in [0.1, 0.15) is 17.0 Å². The Kier molecular flexibility index (Phi) is 4.18. The molecule has 114 valence electrons. The van der Waals surface area contributed by atoms with Gasteiger partial charge in [-0.15, -0.1) is 0 Å². The third-order valence-corrected chi connectivity index (χ3v) is 4.07. The highest BCUT2D eigenvalue weighted by molar-refractivity contribution is 5.95. The molecule has 1 atom stereocenters. The first-order valence-corrected chi connectivity index (χ1v) is 7.73. The largest absolute Gasteiger partial charge is 0.327 e. The minimum absolute atomic E-state index is 0.128. The molecule has 0 bridgehead atoms. The van der Waals surface area contributed by atoms with E-state index in [1.165, 1.54) is 6.07 Å². The molecule has 0 N–H and O–H groups in total. The van der Waals surface area contributed by atoms with Crippen LogP contribution in [0, 0.1) is 5.82 Å². The zero-order valence-electron chi connectivity index (χ0n) is 12.6. The number of carbonyl (C=O) groups excluding carboxylic acids is 1. The van der Waals surface area contributed by atoms with Gasteiger partial charge in [0.05, 0.1) is 6.04 Å². The van der Waals surface area contributed by atoms with Crippen molar-refractivity contribution in [3.05, 3.63) is 54.0 Å². The average Bonchev–Trinajstić information content (AvgIpc) is 3.00. The van der Waals surface area contributed by atoms with Gasteiger partial charge in [0.15, 0.2) is 0 Å². The maximum absolute atomic E-state index is 13.9. The van der Waals surface area contributed by atoms with Crippen LogP contribution >= 0.6 is 0 Å². The van der Waals surface area contributed by atoms with E-state index >= 15 is 0 Å². The summed E-state index contributed by atoms with van der Waals surface area (Å²) >= 11 is 0. The molecule has 3 nitrogen and oxygen atoms in total. The number of benzene rings is 1. The van der Waals surface area contributed by atoms with Gasteiger partial charge in [0.25, 0.3) is 5.91 Å². The van der Waals surface area contributed by atoms with Crippen LogP contribution in [0.4, 0.5) is 4.39 Å². The Hall–Kier alpha value is -2.23. The molecule has 4 heteroatoms. The maximum Gasteiger partial charge on any atom is 0.273 e. The number of pyridine rings is 1. The van der Waals surface area contributed by atoms with Crippen molar-refractivity contribution in [3.8, 4) is 0 Å². The highest BCUT2D eigenvalue weighted by Crippen LogP contribution is 2.21. The lowest BCUT2D eigenvalue weighted by Crippen LogP contribution is -2.36. The Balaban J connectivity index is 1.87. The highest BCUT2D eigenvalue weighted by atomic mass is 19.1. The molecule has 0 fully saturated rings. The van der Waals surface area contributed by atoms with Crippen LogP contribution in [0.1, 0.15) is 36.7 Å². The normalized spacial score (nSPS) is 17.4. The number of amides is 1. The molecule has 2 aromatic rings. The fraction of sp³-hybridized carbons (Fsp3) is 0.333. The quantitative estimate of drug-likeness (QED) is 0.801. The van der Waals surface area contributed by atoms with Gasteiger partial charge in [-0.3, -0.25) is 4.79 Å². The van der Waals surface area contributed by atoms with Gasteiger partial charge in [-0.1, -0.05) is 50.1 Å². The molecule has 1 aromatic heterocycles. The second kappa shape index (κ2) is 6.26. The van der Waals surface area contributed by atoms with Crippen molar-refractivity contribution in [1.29, 1.82) is 0 Å². The van der Waals surface area contributed by atoms with Crippen LogP contribution in [0.15, 0.2) is 42.5 Å². The monoisotopic (exact) mass is 298 g/mol. The minimum Gasteiger partial charge on any atom is -0.327 e. The van der Waals surface area contributed by atoms with E-state index in [0.29, 0.717) is 17.6 Å². The van der Waals surface area contributed by atoms with Crippen molar-refractivity contribution in [2.24, 2.45) is 0 Å². The number of rotatable bonds is 4. The number of unbranched alkanes of at least 4 members (excludes halogenated alkanes) is 1. The minimum atomic E-state index is -0.394. The number of carbonyl (C=O) groups is 1. The van der Waals surface area contributed by atoms with Crippen LogP contribution in [0.5, 0.6) is 0 Å². The first-order chi connectivity index (χ1) is 10.7. The molecule has 1 aromatic carbocycles. The summed E-state index contributed by atoms with van der Waals surface area (Å²) in [6.07, 6.45) is 7.24. The summed E-state index contributed by atoms with van der Waals surface area (Å²) in [5.41, 5.74) is 0.563. The molecule has 1 aliphatic heterocycles. The SMILES string of the molecule is CCCC[C@@H]1C=CCN1C(=O)c1ccc2cccc(F)c2n1. The number of fused-ring (bicyclic) bond motifs is 1. The van der Waals surface area contributed by atoms with Crippen LogP contribution in [-0.2, 0) is 0 Å². The van der Waals surface area contributed by atoms with Crippen molar-refractivity contribution in [2.45, 2.75) is 32.2 Å². The summed E-state index contributed by atoms with van der Waals surface area (Å²) in [6, 6.07) is 8.37. The topological polar surface area (TPSA) is 33.2 Å². The molecule has 22 heavy (non-hydrogen) atoms. The Morgan fingerprint density at radius 1 is 1.36 bits per heavy atom. The summed E-state index contributed by atoms with van der Waals surface area (Å²) in [7, 11) is 0. The van der Waals surface area contributed by atoms with Gasteiger partial charge in [-0.2, -0.15) is 0 Å². The third kappa shape index (κ3) is 2.73. The number of halogens is 1. The van der Waals surface area contributed by atoms with E-state index in [0.717, 1.165) is 19.3 Å². The van der Waals surface area contributed by atoms with Crippen LogP contribution < -0.4 is 0 Å². The number of aromatic nitrogens is 1. The molecule has 0 spiro atoms. The van der Waals surface area contributed by atoms with Crippen LogP contribution in [0.3, 0.4) is 0 Å². The molecule has 0 saturated carbocycles. The number of para-hydroxylation sites is 1.